The summed E-state index contributed by atoms with van der Waals surface area (Å²) in [6, 6.07) is -81.1. The molecule has 0 aliphatic carbocycles. The smallest absolute Gasteiger partial charge is 0.136 e. The summed E-state index contributed by atoms with van der Waals surface area (Å²) in [7, 11) is 0. The van der Waals surface area contributed by atoms with Crippen LogP contribution < -0.4 is 0 Å². The number of hydrogen-bond donors (Lipinski definition) is 0. The maximum absolute atomic E-state index is 9.86. The van der Waals surface area contributed by atoms with E-state index >= 15 is 0 Å². The fourth-order valence-corrected chi connectivity index (χ4v) is 18.2. The van der Waals surface area contributed by atoms with Crippen molar-refractivity contribution in [1.82, 2.24) is 0 Å². The molecule has 0 radical (unpaired) electrons. The quantitative estimate of drug-likeness (QED) is 0.107. The lowest BCUT2D eigenvalue weighted by Crippen LogP contribution is -1.91. The lowest BCUT2D eigenvalue weighted by atomic mass is 9.85. The summed E-state index contributed by atoms with van der Waals surface area (Å²) in [5, 5.41) is -20.8. The molecule has 0 N–H and O–H groups in total. The summed E-state index contributed by atoms with van der Waals surface area (Å²) in [6.07, 6.45) is 0. The molecule has 3 heterocycles. The van der Waals surface area contributed by atoms with E-state index in [9.17, 15) is 49.3 Å². The fraction of sp³-hybridized carbons (Fsp3) is 0. The lowest BCUT2D eigenvalue weighted by molar-refractivity contribution is 0.669. The van der Waals surface area contributed by atoms with E-state index in [-0.39, 0.29) is 0 Å². The average Bonchev–Trinajstić information content (AvgIpc) is 1.67. The van der Waals surface area contributed by atoms with Crippen LogP contribution in [0.15, 0.2) is 545 Å². The molecular formula is C146H88O3. The van der Waals surface area contributed by atoms with Crippen molar-refractivity contribution in [3.05, 3.63) is 532 Å². The fourth-order valence-electron chi connectivity index (χ4n) is 18.2. The summed E-state index contributed by atoms with van der Waals surface area (Å²) in [5.41, 5.74) is -18.1. The number of fused-ring (bicyclic) bond motifs is 25. The zero-order valence-electron chi connectivity index (χ0n) is 162. The maximum Gasteiger partial charge on any atom is 0.136 e. The van der Waals surface area contributed by atoms with Gasteiger partial charge in [0.1, 0.15) is 33.5 Å². The van der Waals surface area contributed by atoms with E-state index in [4.69, 9.17) is 84.5 Å². The molecule has 0 saturated carbocycles. The standard InChI is InChI=1S/2C50H30O.C46H28O/c1-2-12-35-30-48-46(28-34(35)11-1)45-29-36(25-27-47(45)51-48)50-43-16-7-5-14-41(43)49(42-15-6-8-17-44(42)50)33-22-20-32(21-23-33)38-18-9-19-39-37-13-4-3-10-31(37)24-26-40(38)39;1-2-11-35-30-48-46(28-34(35)10-1)45-29-38(24-26-47(45)51-48)50-43-15-7-5-13-41(43)49(42-14-6-8-16-44(42)50)33-20-17-31(18-21-33)36-23-25-40-37(27-36)22-19-32-9-3-4-12-39(32)40;1-2-13-31-28-44-42(26-30(31)12-1)41-27-34(23-24-43(41)47-44)46-39-20-7-5-18-37(39)45(38-19-6-8-21-40(38)46)33-16-9-15-32(25-33)36-22-10-14-29-11-3-4-17-35(29)36/h2*1-30H;1-28H/i2*1D,2D,3D,4D,5D,6D,7D,8D,9D,10D,11D,12D,13D,14D,15D,16D,17D,18D,19D,20D,21D,22D,23D,24D,25D,26D,27D,28D,29D,30D;1D,2D,3D,4D,5D,6D,7D,8D,9D,10D,11D,12D,13D,14D,15D,16D,17D,18D,19D,20D,21D,22D,23D,24D,25D,26D,27D,28D. The van der Waals surface area contributed by atoms with Crippen molar-refractivity contribution in [3.63, 3.8) is 0 Å². The van der Waals surface area contributed by atoms with E-state index in [1.54, 1.807) is 0 Å². The predicted octanol–water partition coefficient (Wildman–Crippen LogP) is 41.9. The molecular weight excluding hydrogens is 1800 g/mol. The van der Waals surface area contributed by atoms with Gasteiger partial charge < -0.3 is 13.3 Å². The van der Waals surface area contributed by atoms with Crippen molar-refractivity contribution in [3.8, 4) is 100 Å². The lowest BCUT2D eigenvalue weighted by Gasteiger charge is -2.18. The van der Waals surface area contributed by atoms with E-state index in [1.165, 1.54) is 0 Å². The molecule has 3 nitrogen and oxygen atoms in total. The van der Waals surface area contributed by atoms with Crippen LogP contribution in [0.4, 0.5) is 0 Å². The average molecular weight is 1980 g/mol. The molecule has 32 aromatic rings. The Morgan fingerprint density at radius 2 is 0.336 bits per heavy atom. The Kier molecular flexibility index (Phi) is 8.17. The minimum Gasteiger partial charge on any atom is -0.456 e. The van der Waals surface area contributed by atoms with Gasteiger partial charge in [-0.05, 0) is 336 Å². The van der Waals surface area contributed by atoms with Gasteiger partial charge in [-0.15, -0.1) is 0 Å². The van der Waals surface area contributed by atoms with Crippen LogP contribution >= 0.6 is 0 Å². The van der Waals surface area contributed by atoms with Gasteiger partial charge in [0.2, 0.25) is 0 Å². The molecule has 3 heteroatoms. The highest BCUT2D eigenvalue weighted by molar-refractivity contribution is 6.28. The zero-order valence-corrected chi connectivity index (χ0v) is 74.2. The van der Waals surface area contributed by atoms with Crippen LogP contribution in [0.5, 0.6) is 0 Å². The monoisotopic (exact) mass is 1980 g/mol. The third-order valence-electron chi connectivity index (χ3n) is 24.7. The summed E-state index contributed by atoms with van der Waals surface area (Å²) >= 11 is 0. The number of benzene rings is 29. The van der Waals surface area contributed by atoms with Crippen molar-refractivity contribution in [2.45, 2.75) is 0 Å². The predicted molar refractivity (Wildman–Crippen MR) is 635 cm³/mol. The van der Waals surface area contributed by atoms with Gasteiger partial charge >= 0.3 is 0 Å². The van der Waals surface area contributed by atoms with Crippen molar-refractivity contribution in [2.75, 3.05) is 0 Å². The summed E-state index contributed by atoms with van der Waals surface area (Å²) in [6.45, 7) is 0. The zero-order chi connectivity index (χ0) is 174. The summed E-state index contributed by atoms with van der Waals surface area (Å²) < 4.78 is 814. The minimum atomic E-state index is -1.14. The van der Waals surface area contributed by atoms with Crippen molar-refractivity contribution in [2.24, 2.45) is 0 Å². The minimum absolute atomic E-state index is 0.452. The highest BCUT2D eigenvalue weighted by Gasteiger charge is 2.26. The molecule has 0 aliphatic heterocycles. The van der Waals surface area contributed by atoms with E-state index < -0.39 is 849 Å². The van der Waals surface area contributed by atoms with Gasteiger partial charge in [0.05, 0.1) is 121 Å². The van der Waals surface area contributed by atoms with Gasteiger partial charge in [0.15, 0.2) is 0 Å². The van der Waals surface area contributed by atoms with E-state index in [0.29, 0.717) is 0 Å². The van der Waals surface area contributed by atoms with E-state index in [0.717, 1.165) is 0 Å². The van der Waals surface area contributed by atoms with Gasteiger partial charge in [0.25, 0.3) is 0 Å². The van der Waals surface area contributed by atoms with Crippen LogP contribution in [0, 0.1) is 0 Å². The van der Waals surface area contributed by atoms with E-state index in [1.807, 2.05) is 0 Å². The molecule has 0 fully saturated rings. The Morgan fingerprint density at radius 1 is 0.101 bits per heavy atom. The second-order valence-electron chi connectivity index (χ2n) is 32.8. The summed E-state index contributed by atoms with van der Waals surface area (Å²) in [4.78, 5) is 0. The van der Waals surface area contributed by atoms with Crippen molar-refractivity contribution in [1.29, 1.82) is 0 Å². The molecule has 690 valence electrons. The normalized spacial score (nSPS) is 20.2. The Morgan fingerprint density at radius 3 is 0.732 bits per heavy atom. The molecule has 0 aliphatic rings. The SMILES string of the molecule is [2H]c1c([2H])c(-c2c([2H])c([2H])c([2H])c3c([2H])c([2H])c([2H])c([2H])c23)c([2H])c(-c2c3c([2H])c([2H])c([2H])c([2H])c3c(-c3c([2H])c([2H])c4oc5c([2H])c6c([2H])c([2H])c([2H])c([2H])c6c([2H])c5c4c3[2H])c3c([2H])c([2H])c([2H])c([2H])c23)c1[2H].[2H]c1c([2H])c(-c2c([2H])c([2H])c([2H])c3c2c([2H])c([2H])c2c([2H])c([2H])c([2H])c([2H])c23)c([2H])c([2H])c1-c1c2c([2H])c([2H])c([2H])c([2H])c2c(-c2c([2H])c([2H])c3oc4c([2H])c5c([2H])c([2H])c([2H])c([2H])c5c([2H])c4c3c2[2H])c2c([2H])c([2H])c([2H])c([2H])c12.[2H]c1c([2H])c(-c2c3c([2H])c([2H])c([2H])c([2H])c3c(-c3c([2H])c([2H])c4oc5c([2H])c6c([2H])c([2H])c([2H])c([2H])c6c([2H])c5c4c3[2H])c3c([2H])c([2H])c([2H])c([2H])c23)c([2H])c([2H])c1-c1c([2H])c([2H])c2c(c1[2H])c([2H])c([2H])c1c([2H])c([2H])c([2H])c([2H])c12. The molecule has 0 unspecified atom stereocenters. The van der Waals surface area contributed by atoms with Gasteiger partial charge in [-0.25, -0.2) is 0 Å². The Hall–Kier alpha value is -19.6. The molecule has 0 saturated heterocycles. The first-order valence-corrected chi connectivity index (χ1v) is 44.2. The molecule has 149 heavy (non-hydrogen) atoms. The van der Waals surface area contributed by atoms with Gasteiger partial charge in [-0.2, -0.15) is 0 Å². The third-order valence-corrected chi connectivity index (χ3v) is 24.7. The van der Waals surface area contributed by atoms with Crippen molar-refractivity contribution >= 4 is 217 Å². The first-order chi connectivity index (χ1) is 111. The maximum atomic E-state index is 9.86. The van der Waals surface area contributed by atoms with Crippen LogP contribution in [0.3, 0.4) is 0 Å². The van der Waals surface area contributed by atoms with E-state index in [2.05, 4.69) is 0 Å². The molecule has 0 spiro atoms. The Bertz CT molecular complexity index is 16800. The molecule has 32 rings (SSSR count). The molecule has 29 aromatic carbocycles. The van der Waals surface area contributed by atoms with Crippen LogP contribution in [0.25, 0.3) is 317 Å². The number of furan rings is 3. The Balaban J connectivity index is 0.000000145. The molecule has 0 amide bonds. The number of hydrogen-bond acceptors (Lipinski definition) is 3. The molecule has 0 atom stereocenters. The highest BCUT2D eigenvalue weighted by Crippen LogP contribution is 2.52. The van der Waals surface area contributed by atoms with Gasteiger partial charge in [0, 0.05) is 32.3 Å². The van der Waals surface area contributed by atoms with Crippen LogP contribution in [-0.4, -0.2) is 0 Å². The second kappa shape index (κ2) is 34.6. The topological polar surface area (TPSA) is 39.4 Å². The third kappa shape index (κ3) is 14.2. The first-order valence-electron chi connectivity index (χ1n) is 88.2. The first kappa shape index (κ1) is 35.1. The van der Waals surface area contributed by atoms with Crippen LogP contribution in [0.1, 0.15) is 121 Å². The summed E-state index contributed by atoms with van der Waals surface area (Å²) in [5.74, 6) is 0. The van der Waals surface area contributed by atoms with Gasteiger partial charge in [-0.1, -0.05) is 447 Å². The number of rotatable bonds is 9. The van der Waals surface area contributed by atoms with Crippen LogP contribution in [0.2, 0.25) is 0 Å². The van der Waals surface area contributed by atoms with Crippen molar-refractivity contribution < 1.29 is 134 Å². The van der Waals surface area contributed by atoms with Gasteiger partial charge in [-0.3, -0.25) is 0 Å². The second-order valence-corrected chi connectivity index (χ2v) is 32.8. The molecule has 3 aromatic heterocycles. The molecule has 0 bridgehead atoms. The Labute approximate surface area is 981 Å². The highest BCUT2D eigenvalue weighted by atomic mass is 16.3. The van der Waals surface area contributed by atoms with Crippen LogP contribution in [-0.2, 0) is 0 Å². The largest absolute Gasteiger partial charge is 0.456 e.